The standard InChI is InChI=1S/C27H33FN4O2/c1-3-5-6-10-13-27(34)31(18-4-2)20-26(33)29-25-19-24(21-11-8-7-9-12-21)30-32(25)23-16-14-22(28)15-17-23/h7-9,11-12,14-17,19H,3-6,10,13,18,20H2,1-2H3,(H,29,33). The van der Waals surface area contributed by atoms with E-state index in [0.717, 1.165) is 37.7 Å². The van der Waals surface area contributed by atoms with Gasteiger partial charge in [-0.05, 0) is 37.1 Å². The summed E-state index contributed by atoms with van der Waals surface area (Å²) in [6.45, 7) is 4.64. The Labute approximate surface area is 200 Å². The van der Waals surface area contributed by atoms with E-state index in [1.807, 2.05) is 37.3 Å². The van der Waals surface area contributed by atoms with Gasteiger partial charge in [-0.3, -0.25) is 9.59 Å². The molecule has 0 saturated carbocycles. The molecule has 1 heterocycles. The summed E-state index contributed by atoms with van der Waals surface area (Å²) in [7, 11) is 0. The maximum atomic E-state index is 13.5. The zero-order valence-corrected chi connectivity index (χ0v) is 20.0. The van der Waals surface area contributed by atoms with E-state index >= 15 is 0 Å². The number of carbonyl (C=O) groups is 2. The zero-order chi connectivity index (χ0) is 24.3. The predicted molar refractivity (Wildman–Crippen MR) is 133 cm³/mol. The Hall–Kier alpha value is -3.48. The van der Waals surface area contributed by atoms with E-state index in [4.69, 9.17) is 0 Å². The molecule has 0 bridgehead atoms. The van der Waals surface area contributed by atoms with Gasteiger partial charge in [-0.25, -0.2) is 9.07 Å². The second-order valence-corrected chi connectivity index (χ2v) is 8.34. The van der Waals surface area contributed by atoms with E-state index in [1.165, 1.54) is 12.1 Å². The second-order valence-electron chi connectivity index (χ2n) is 8.34. The fourth-order valence-electron chi connectivity index (χ4n) is 3.78. The third kappa shape index (κ3) is 7.01. The van der Waals surface area contributed by atoms with Gasteiger partial charge in [0.25, 0.3) is 0 Å². The molecule has 1 N–H and O–H groups in total. The van der Waals surface area contributed by atoms with Crippen molar-refractivity contribution in [1.82, 2.24) is 14.7 Å². The number of carbonyl (C=O) groups excluding carboxylic acids is 2. The molecule has 0 aliphatic heterocycles. The maximum absolute atomic E-state index is 13.5. The Kier molecular flexibility index (Phi) is 9.38. The minimum atomic E-state index is -0.350. The minimum absolute atomic E-state index is 0.00474. The van der Waals surface area contributed by atoms with Gasteiger partial charge in [0.15, 0.2) is 0 Å². The molecule has 0 aliphatic carbocycles. The summed E-state index contributed by atoms with van der Waals surface area (Å²) < 4.78 is 15.0. The summed E-state index contributed by atoms with van der Waals surface area (Å²) in [4.78, 5) is 27.3. The quantitative estimate of drug-likeness (QED) is 0.343. The van der Waals surface area contributed by atoms with Gasteiger partial charge >= 0.3 is 0 Å². The molecule has 0 unspecified atom stereocenters. The molecule has 34 heavy (non-hydrogen) atoms. The highest BCUT2D eigenvalue weighted by Crippen LogP contribution is 2.25. The van der Waals surface area contributed by atoms with Crippen LogP contribution in [0.1, 0.15) is 52.4 Å². The molecule has 7 heteroatoms. The molecule has 180 valence electrons. The zero-order valence-electron chi connectivity index (χ0n) is 20.0. The van der Waals surface area contributed by atoms with Gasteiger partial charge in [-0.2, -0.15) is 5.10 Å². The molecule has 0 saturated heterocycles. The highest BCUT2D eigenvalue weighted by molar-refractivity contribution is 5.94. The van der Waals surface area contributed by atoms with Gasteiger partial charge < -0.3 is 10.2 Å². The number of benzene rings is 2. The van der Waals surface area contributed by atoms with Crippen LogP contribution in [0.5, 0.6) is 0 Å². The summed E-state index contributed by atoms with van der Waals surface area (Å²) in [6, 6.07) is 17.3. The number of amides is 2. The normalized spacial score (nSPS) is 10.8. The third-order valence-corrected chi connectivity index (χ3v) is 5.54. The minimum Gasteiger partial charge on any atom is -0.333 e. The number of hydrogen-bond donors (Lipinski definition) is 1. The van der Waals surface area contributed by atoms with Crippen LogP contribution in [0.15, 0.2) is 60.7 Å². The number of rotatable bonds is 12. The first-order valence-corrected chi connectivity index (χ1v) is 12.0. The van der Waals surface area contributed by atoms with Crippen LogP contribution < -0.4 is 5.32 Å². The van der Waals surface area contributed by atoms with E-state index in [1.54, 1.807) is 27.8 Å². The number of nitrogens with zero attached hydrogens (tertiary/aromatic N) is 3. The molecule has 3 aromatic rings. The van der Waals surface area contributed by atoms with Crippen molar-refractivity contribution in [2.24, 2.45) is 0 Å². The molecule has 0 fully saturated rings. The summed E-state index contributed by atoms with van der Waals surface area (Å²) in [5, 5.41) is 7.55. The highest BCUT2D eigenvalue weighted by atomic mass is 19.1. The van der Waals surface area contributed by atoms with Crippen molar-refractivity contribution < 1.29 is 14.0 Å². The summed E-state index contributed by atoms with van der Waals surface area (Å²) in [5.74, 6) is -0.178. The Balaban J connectivity index is 1.78. The molecule has 1 aromatic heterocycles. The third-order valence-electron chi connectivity index (χ3n) is 5.54. The van der Waals surface area contributed by atoms with Crippen molar-refractivity contribution in [3.05, 3.63) is 66.5 Å². The number of hydrogen-bond acceptors (Lipinski definition) is 3. The van der Waals surface area contributed by atoms with Crippen molar-refractivity contribution in [1.29, 1.82) is 0 Å². The van der Waals surface area contributed by atoms with E-state index in [2.05, 4.69) is 17.3 Å². The Morgan fingerprint density at radius 2 is 1.71 bits per heavy atom. The van der Waals surface area contributed by atoms with Gasteiger partial charge in [-0.1, -0.05) is 63.4 Å². The maximum Gasteiger partial charge on any atom is 0.245 e. The lowest BCUT2D eigenvalue weighted by Crippen LogP contribution is -2.38. The topological polar surface area (TPSA) is 67.2 Å². The Morgan fingerprint density at radius 3 is 2.38 bits per heavy atom. The first-order valence-electron chi connectivity index (χ1n) is 12.0. The number of unbranched alkanes of at least 4 members (excludes halogenated alkanes) is 3. The Morgan fingerprint density at radius 1 is 0.971 bits per heavy atom. The van der Waals surface area contributed by atoms with Gasteiger partial charge in [0.1, 0.15) is 11.6 Å². The predicted octanol–water partition coefficient (Wildman–Crippen LogP) is 5.83. The molecular weight excluding hydrogens is 431 g/mol. The molecular formula is C27H33FN4O2. The van der Waals surface area contributed by atoms with Crippen LogP contribution in [0.4, 0.5) is 10.2 Å². The van der Waals surface area contributed by atoms with Gasteiger partial charge in [-0.15, -0.1) is 0 Å². The van der Waals surface area contributed by atoms with E-state index in [9.17, 15) is 14.0 Å². The lowest BCUT2D eigenvalue weighted by Gasteiger charge is -2.21. The monoisotopic (exact) mass is 464 g/mol. The molecule has 2 aromatic carbocycles. The second kappa shape index (κ2) is 12.7. The van der Waals surface area contributed by atoms with Crippen LogP contribution in [0, 0.1) is 5.82 Å². The first kappa shape index (κ1) is 25.1. The van der Waals surface area contributed by atoms with Crippen LogP contribution in [0.25, 0.3) is 16.9 Å². The molecule has 0 radical (unpaired) electrons. The van der Waals surface area contributed by atoms with Crippen LogP contribution >= 0.6 is 0 Å². The highest BCUT2D eigenvalue weighted by Gasteiger charge is 2.19. The van der Waals surface area contributed by atoms with Crippen molar-refractivity contribution in [3.8, 4) is 16.9 Å². The van der Waals surface area contributed by atoms with E-state index < -0.39 is 0 Å². The summed E-state index contributed by atoms with van der Waals surface area (Å²) in [6.07, 6.45) is 5.32. The number of anilines is 1. The number of aromatic nitrogens is 2. The lowest BCUT2D eigenvalue weighted by molar-refractivity contribution is -0.134. The number of halogens is 1. The average molecular weight is 465 g/mol. The van der Waals surface area contributed by atoms with Crippen molar-refractivity contribution in [3.63, 3.8) is 0 Å². The smallest absolute Gasteiger partial charge is 0.245 e. The number of nitrogens with one attached hydrogen (secondary N) is 1. The van der Waals surface area contributed by atoms with Gasteiger partial charge in [0.2, 0.25) is 11.8 Å². The average Bonchev–Trinajstić information content (AvgIpc) is 3.26. The fourth-order valence-corrected chi connectivity index (χ4v) is 3.78. The molecule has 0 aliphatic rings. The van der Waals surface area contributed by atoms with E-state index in [-0.39, 0.29) is 24.2 Å². The molecule has 0 atom stereocenters. The molecule has 2 amide bonds. The lowest BCUT2D eigenvalue weighted by atomic mass is 10.1. The van der Waals surface area contributed by atoms with Crippen LogP contribution in [-0.4, -0.2) is 39.6 Å². The van der Waals surface area contributed by atoms with Crippen LogP contribution in [0.2, 0.25) is 0 Å². The SMILES string of the molecule is CCCCCCC(=O)N(CCC)CC(=O)Nc1cc(-c2ccccc2)nn1-c1ccc(F)cc1. The molecule has 3 rings (SSSR count). The van der Waals surface area contributed by atoms with Gasteiger partial charge in [0.05, 0.1) is 17.9 Å². The summed E-state index contributed by atoms with van der Waals surface area (Å²) >= 11 is 0. The fraction of sp³-hybridized carbons (Fsp3) is 0.370. The first-order chi connectivity index (χ1) is 16.5. The van der Waals surface area contributed by atoms with Crippen LogP contribution in [0.3, 0.4) is 0 Å². The van der Waals surface area contributed by atoms with Crippen molar-refractivity contribution >= 4 is 17.6 Å². The largest absolute Gasteiger partial charge is 0.333 e. The van der Waals surface area contributed by atoms with Gasteiger partial charge in [0, 0.05) is 24.6 Å². The molecule has 0 spiro atoms. The Bertz CT molecular complexity index is 1060. The van der Waals surface area contributed by atoms with Crippen LogP contribution in [-0.2, 0) is 9.59 Å². The van der Waals surface area contributed by atoms with Crippen molar-refractivity contribution in [2.45, 2.75) is 52.4 Å². The summed E-state index contributed by atoms with van der Waals surface area (Å²) in [5.41, 5.74) is 2.20. The van der Waals surface area contributed by atoms with Crippen molar-refractivity contribution in [2.75, 3.05) is 18.4 Å². The molecule has 6 nitrogen and oxygen atoms in total. The van der Waals surface area contributed by atoms with E-state index in [0.29, 0.717) is 30.2 Å².